The van der Waals surface area contributed by atoms with Crippen molar-refractivity contribution in [2.75, 3.05) is 7.05 Å². The average molecular weight is 625 g/mol. The van der Waals surface area contributed by atoms with Crippen LogP contribution in [0.5, 0.6) is 0 Å². The Hall–Kier alpha value is -2.77. The van der Waals surface area contributed by atoms with Crippen LogP contribution in [0, 0.1) is 23.1 Å². The van der Waals surface area contributed by atoms with Crippen molar-refractivity contribution >= 4 is 39.9 Å². The van der Waals surface area contributed by atoms with Crippen LogP contribution in [0.1, 0.15) is 82.3 Å². The van der Waals surface area contributed by atoms with Gasteiger partial charge in [-0.05, 0) is 104 Å². The van der Waals surface area contributed by atoms with Crippen molar-refractivity contribution in [1.29, 1.82) is 5.41 Å². The average Bonchev–Trinajstić information content (AvgIpc) is 3.43. The summed E-state index contributed by atoms with van der Waals surface area (Å²) < 4.78 is 15.8. The number of nitrogens with two attached hydrogens (primary N) is 1. The highest BCUT2D eigenvalue weighted by atomic mass is 35.5. The van der Waals surface area contributed by atoms with E-state index in [1.165, 1.54) is 6.07 Å². The Labute approximate surface area is 265 Å². The van der Waals surface area contributed by atoms with Gasteiger partial charge < -0.3 is 21.4 Å². The molecule has 0 radical (unpaired) electrons. The quantitative estimate of drug-likeness (QED) is 0.105. The zero-order valence-electron chi connectivity index (χ0n) is 25.8. The minimum atomic E-state index is -0.361. The van der Waals surface area contributed by atoms with Gasteiger partial charge in [0, 0.05) is 27.8 Å². The molecular weight excluding hydrogens is 580 g/mol. The van der Waals surface area contributed by atoms with Gasteiger partial charge in [0.1, 0.15) is 11.6 Å². The van der Waals surface area contributed by atoms with Gasteiger partial charge in [0.05, 0.1) is 17.0 Å². The first kappa shape index (κ1) is 33.1. The molecule has 43 heavy (non-hydrogen) atoms. The van der Waals surface area contributed by atoms with Crippen LogP contribution in [-0.2, 0) is 6.42 Å². The molecule has 5 nitrogen and oxygen atoms in total. The van der Waals surface area contributed by atoms with Crippen molar-refractivity contribution in [1.82, 2.24) is 15.3 Å². The highest BCUT2D eigenvalue weighted by Gasteiger charge is 2.27. The number of rotatable bonds is 14. The molecule has 0 saturated heterocycles. The van der Waals surface area contributed by atoms with E-state index in [1.807, 2.05) is 50.4 Å². The topological polar surface area (TPSA) is 90.6 Å². The second-order valence-electron chi connectivity index (χ2n) is 11.8. The highest BCUT2D eigenvalue weighted by Crippen LogP contribution is 2.41. The van der Waals surface area contributed by atoms with Gasteiger partial charge in [-0.1, -0.05) is 75.2 Å². The monoisotopic (exact) mass is 623 g/mol. The second kappa shape index (κ2) is 14.8. The van der Waals surface area contributed by atoms with Crippen LogP contribution in [-0.4, -0.2) is 28.8 Å². The Morgan fingerprint density at radius 2 is 1.81 bits per heavy atom. The Morgan fingerprint density at radius 3 is 2.47 bits per heavy atom. The van der Waals surface area contributed by atoms with E-state index in [2.05, 4.69) is 31.1 Å². The zero-order valence-corrected chi connectivity index (χ0v) is 27.3. The van der Waals surface area contributed by atoms with E-state index in [0.29, 0.717) is 57.5 Å². The summed E-state index contributed by atoms with van der Waals surface area (Å²) in [6, 6.07) is 16.7. The Balaban J connectivity index is 1.63. The molecule has 5 N–H and O–H groups in total. The van der Waals surface area contributed by atoms with E-state index in [-0.39, 0.29) is 23.7 Å². The number of aromatic nitrogens is 2. The number of hydrogen-bond donors (Lipinski definition) is 4. The first-order chi connectivity index (χ1) is 20.6. The van der Waals surface area contributed by atoms with Gasteiger partial charge in [-0.3, -0.25) is 0 Å². The molecule has 0 fully saturated rings. The van der Waals surface area contributed by atoms with Crippen molar-refractivity contribution in [3.63, 3.8) is 0 Å². The van der Waals surface area contributed by atoms with Crippen molar-refractivity contribution in [2.24, 2.45) is 17.6 Å². The summed E-state index contributed by atoms with van der Waals surface area (Å²) in [5.74, 6) is 0.465. The lowest BCUT2D eigenvalue weighted by atomic mass is 9.80. The summed E-state index contributed by atoms with van der Waals surface area (Å²) in [7, 11) is 2.01. The van der Waals surface area contributed by atoms with Gasteiger partial charge in [0.15, 0.2) is 0 Å². The van der Waals surface area contributed by atoms with Crippen LogP contribution >= 0.6 is 23.2 Å². The van der Waals surface area contributed by atoms with Crippen LogP contribution in [0.3, 0.4) is 0 Å². The molecule has 0 bridgehead atoms. The van der Waals surface area contributed by atoms with Crippen LogP contribution in [0.25, 0.3) is 22.2 Å². The number of H-pyrrole nitrogens is 1. The molecule has 3 aromatic carbocycles. The van der Waals surface area contributed by atoms with Crippen molar-refractivity contribution in [2.45, 2.75) is 77.8 Å². The molecule has 0 amide bonds. The molecule has 0 aliphatic carbocycles. The van der Waals surface area contributed by atoms with Crippen LogP contribution in [0.4, 0.5) is 4.39 Å². The molecule has 1 aromatic heterocycles. The van der Waals surface area contributed by atoms with E-state index >= 15 is 4.39 Å². The number of nitrogens with one attached hydrogen (secondary N) is 3. The SMILES string of the molecule is CCC(=N)C(Cc1ccc(-c2cc(Cl)cc(Cl)c2C(N)C(C)C(C)CCC(CC)NC)cc1F)c1nc2ccccc2[nH]1. The maximum absolute atomic E-state index is 15.8. The molecule has 5 atom stereocenters. The van der Waals surface area contributed by atoms with E-state index in [1.54, 1.807) is 12.1 Å². The van der Waals surface area contributed by atoms with Gasteiger partial charge in [-0.2, -0.15) is 0 Å². The number of nitrogens with zero attached hydrogens (tertiary/aromatic N) is 1. The van der Waals surface area contributed by atoms with E-state index in [4.69, 9.17) is 39.3 Å². The fraction of sp³-hybridized carbons (Fsp3) is 0.429. The predicted octanol–water partition coefficient (Wildman–Crippen LogP) is 9.48. The standard InChI is InChI=1S/C35H44Cl2FN5/c1-6-25(41-5)15-12-20(3)21(4)34(40)33-26(18-24(36)19-28(33)37)22-13-14-23(29(38)17-22)16-27(30(39)7-2)35-42-31-10-8-9-11-32(31)43-35/h8-11,13-14,17-21,25,27,34,39,41H,6-7,12,15-16,40H2,1-5H3,(H,42,43). The fourth-order valence-corrected chi connectivity index (χ4v) is 6.55. The summed E-state index contributed by atoms with van der Waals surface area (Å²) in [4.78, 5) is 8.06. The molecule has 0 saturated carbocycles. The van der Waals surface area contributed by atoms with Crippen LogP contribution in [0.2, 0.25) is 10.0 Å². The molecule has 1 heterocycles. The first-order valence-corrected chi connectivity index (χ1v) is 16.1. The number of benzene rings is 3. The molecule has 8 heteroatoms. The summed E-state index contributed by atoms with van der Waals surface area (Å²) in [6.07, 6.45) is 4.06. The smallest absolute Gasteiger partial charge is 0.127 e. The third-order valence-electron chi connectivity index (χ3n) is 9.09. The molecular formula is C35H44Cl2FN5. The first-order valence-electron chi connectivity index (χ1n) is 15.3. The Morgan fingerprint density at radius 1 is 1.07 bits per heavy atom. The van der Waals surface area contributed by atoms with Crippen molar-refractivity contribution in [3.8, 4) is 11.1 Å². The minimum Gasteiger partial charge on any atom is -0.341 e. The lowest BCUT2D eigenvalue weighted by molar-refractivity contribution is 0.293. The maximum atomic E-state index is 15.8. The normalized spacial score (nSPS) is 15.3. The zero-order chi connectivity index (χ0) is 31.3. The second-order valence-corrected chi connectivity index (χ2v) is 12.6. The molecule has 230 valence electrons. The van der Waals surface area contributed by atoms with Gasteiger partial charge in [0.2, 0.25) is 0 Å². The summed E-state index contributed by atoms with van der Waals surface area (Å²) in [6.45, 7) is 8.53. The van der Waals surface area contributed by atoms with Crippen LogP contribution < -0.4 is 11.1 Å². The minimum absolute atomic E-state index is 0.139. The van der Waals surface area contributed by atoms with Gasteiger partial charge >= 0.3 is 0 Å². The third-order valence-corrected chi connectivity index (χ3v) is 9.62. The molecule has 5 unspecified atom stereocenters. The maximum Gasteiger partial charge on any atom is 0.127 e. The largest absolute Gasteiger partial charge is 0.341 e. The molecule has 0 aliphatic rings. The van der Waals surface area contributed by atoms with Crippen LogP contribution in [0.15, 0.2) is 54.6 Å². The molecule has 4 rings (SSSR count). The lowest BCUT2D eigenvalue weighted by Crippen LogP contribution is -2.28. The fourth-order valence-electron chi connectivity index (χ4n) is 5.93. The van der Waals surface area contributed by atoms with E-state index in [9.17, 15) is 0 Å². The highest BCUT2D eigenvalue weighted by molar-refractivity contribution is 6.35. The molecule has 0 aliphatic heterocycles. The predicted molar refractivity (Wildman–Crippen MR) is 180 cm³/mol. The number of imidazole rings is 1. The van der Waals surface area contributed by atoms with Gasteiger partial charge in [-0.25, -0.2) is 9.37 Å². The summed E-state index contributed by atoms with van der Waals surface area (Å²) in [5, 5.41) is 13.0. The Kier molecular flexibility index (Phi) is 11.4. The number of para-hydroxylation sites is 2. The number of halogens is 3. The number of aromatic amines is 1. The van der Waals surface area contributed by atoms with Crippen molar-refractivity contribution in [3.05, 3.63) is 87.4 Å². The van der Waals surface area contributed by atoms with E-state index < -0.39 is 0 Å². The number of hydrogen-bond acceptors (Lipinski definition) is 4. The molecule has 0 spiro atoms. The van der Waals surface area contributed by atoms with E-state index in [0.717, 1.165) is 41.4 Å². The van der Waals surface area contributed by atoms with Gasteiger partial charge in [0.25, 0.3) is 0 Å². The van der Waals surface area contributed by atoms with Crippen molar-refractivity contribution < 1.29 is 4.39 Å². The lowest BCUT2D eigenvalue weighted by Gasteiger charge is -2.30. The number of fused-ring (bicyclic) bond motifs is 1. The summed E-state index contributed by atoms with van der Waals surface area (Å²) in [5.41, 5.74) is 11.9. The Bertz CT molecular complexity index is 1510. The van der Waals surface area contributed by atoms with Gasteiger partial charge in [-0.15, -0.1) is 0 Å². The third kappa shape index (κ3) is 7.66. The summed E-state index contributed by atoms with van der Waals surface area (Å²) >= 11 is 13.3. The molecule has 4 aromatic rings.